The third kappa shape index (κ3) is 2.95. The fourth-order valence-electron chi connectivity index (χ4n) is 1.10. The van der Waals surface area contributed by atoms with Crippen LogP contribution in [0.4, 0.5) is 11.4 Å². The summed E-state index contributed by atoms with van der Waals surface area (Å²) in [7, 11) is 0. The molecule has 0 bridgehead atoms. The summed E-state index contributed by atoms with van der Waals surface area (Å²) in [5, 5.41) is 13.1. The maximum Gasteiger partial charge on any atom is 0.271 e. The maximum atomic E-state index is 10.9. The molecule has 0 unspecified atom stereocenters. The molecule has 0 saturated heterocycles. The molecular formula is C9H10N2O3S. The van der Waals surface area contributed by atoms with E-state index in [0.29, 0.717) is 5.69 Å². The molecule has 0 aliphatic carbocycles. The van der Waals surface area contributed by atoms with Gasteiger partial charge in [0.25, 0.3) is 5.69 Å². The summed E-state index contributed by atoms with van der Waals surface area (Å²) in [4.78, 5) is 21.7. The smallest absolute Gasteiger partial charge is 0.271 e. The summed E-state index contributed by atoms with van der Waals surface area (Å²) in [6.07, 6.45) is 1.84. The number of non-ortho nitro benzene ring substituents is 1. The average molecular weight is 226 g/mol. The lowest BCUT2D eigenvalue weighted by atomic mass is 10.3. The van der Waals surface area contributed by atoms with Crippen molar-refractivity contribution in [1.82, 2.24) is 0 Å². The zero-order chi connectivity index (χ0) is 11.4. The van der Waals surface area contributed by atoms with E-state index in [1.54, 1.807) is 6.07 Å². The lowest BCUT2D eigenvalue weighted by molar-refractivity contribution is -0.384. The fourth-order valence-corrected chi connectivity index (χ4v) is 1.63. The topological polar surface area (TPSA) is 72.2 Å². The number of nitrogens with one attached hydrogen (secondary N) is 1. The fraction of sp³-hybridized carbons (Fsp3) is 0.222. The van der Waals surface area contributed by atoms with Crippen LogP contribution in [-0.2, 0) is 4.79 Å². The molecule has 0 aliphatic rings. The average Bonchev–Trinajstić information content (AvgIpc) is 2.16. The zero-order valence-corrected chi connectivity index (χ0v) is 9.13. The second kappa shape index (κ2) is 4.79. The van der Waals surface area contributed by atoms with E-state index in [1.807, 2.05) is 6.26 Å². The Balaban J connectivity index is 3.12. The molecular weight excluding hydrogens is 216 g/mol. The molecule has 15 heavy (non-hydrogen) atoms. The Morgan fingerprint density at radius 1 is 1.53 bits per heavy atom. The predicted molar refractivity (Wildman–Crippen MR) is 59.2 cm³/mol. The number of nitro groups is 1. The molecule has 1 amide bonds. The van der Waals surface area contributed by atoms with Gasteiger partial charge < -0.3 is 5.32 Å². The van der Waals surface area contributed by atoms with Gasteiger partial charge >= 0.3 is 0 Å². The lowest BCUT2D eigenvalue weighted by Crippen LogP contribution is -2.07. The summed E-state index contributed by atoms with van der Waals surface area (Å²) in [5.41, 5.74) is 0.445. The third-order valence-corrected chi connectivity index (χ3v) is 2.50. The molecule has 1 aromatic carbocycles. The zero-order valence-electron chi connectivity index (χ0n) is 8.31. The predicted octanol–water partition coefficient (Wildman–Crippen LogP) is 2.28. The van der Waals surface area contributed by atoms with Gasteiger partial charge in [0.2, 0.25) is 5.91 Å². The number of nitrogens with zero attached hydrogens (tertiary/aromatic N) is 1. The van der Waals surface area contributed by atoms with Gasteiger partial charge in [-0.15, -0.1) is 11.8 Å². The highest BCUT2D eigenvalue weighted by molar-refractivity contribution is 7.98. The van der Waals surface area contributed by atoms with Gasteiger partial charge in [0.15, 0.2) is 0 Å². The van der Waals surface area contributed by atoms with Crippen LogP contribution in [0.1, 0.15) is 6.92 Å². The van der Waals surface area contributed by atoms with Crippen LogP contribution >= 0.6 is 11.8 Å². The molecule has 1 aromatic rings. The maximum absolute atomic E-state index is 10.9. The number of carbonyl (C=O) groups excluding carboxylic acids is 1. The number of carbonyl (C=O) groups is 1. The number of anilines is 1. The van der Waals surface area contributed by atoms with Crippen LogP contribution in [0.25, 0.3) is 0 Å². The van der Waals surface area contributed by atoms with Crippen molar-refractivity contribution in [3.63, 3.8) is 0 Å². The number of rotatable bonds is 3. The number of benzene rings is 1. The van der Waals surface area contributed by atoms with Crippen molar-refractivity contribution in [3.8, 4) is 0 Å². The van der Waals surface area contributed by atoms with Crippen molar-refractivity contribution in [2.75, 3.05) is 11.6 Å². The molecule has 1 N–H and O–H groups in total. The van der Waals surface area contributed by atoms with E-state index in [2.05, 4.69) is 5.32 Å². The van der Waals surface area contributed by atoms with E-state index >= 15 is 0 Å². The summed E-state index contributed by atoms with van der Waals surface area (Å²) < 4.78 is 0. The first-order valence-electron chi connectivity index (χ1n) is 4.14. The first kappa shape index (κ1) is 11.5. The van der Waals surface area contributed by atoms with Crippen LogP contribution in [0, 0.1) is 10.1 Å². The Bertz CT molecular complexity index is 406. The highest BCUT2D eigenvalue weighted by Crippen LogP contribution is 2.29. The first-order chi connectivity index (χ1) is 7.04. The lowest BCUT2D eigenvalue weighted by Gasteiger charge is -2.06. The summed E-state index contributed by atoms with van der Waals surface area (Å²) in [5.74, 6) is -0.245. The molecule has 0 fully saturated rings. The Hall–Kier alpha value is -1.56. The Kier molecular flexibility index (Phi) is 3.68. The minimum absolute atomic E-state index is 0.0310. The van der Waals surface area contributed by atoms with E-state index < -0.39 is 4.92 Å². The number of amides is 1. The molecule has 0 saturated carbocycles. The van der Waals surface area contributed by atoms with Crippen molar-refractivity contribution < 1.29 is 9.72 Å². The van der Waals surface area contributed by atoms with Gasteiger partial charge in [0.05, 0.1) is 10.6 Å². The van der Waals surface area contributed by atoms with E-state index in [1.165, 1.54) is 30.8 Å². The molecule has 5 nitrogen and oxygen atoms in total. The molecule has 1 rings (SSSR count). The third-order valence-electron chi connectivity index (χ3n) is 1.70. The van der Waals surface area contributed by atoms with Crippen molar-refractivity contribution in [2.45, 2.75) is 11.8 Å². The number of nitro benzene ring substituents is 1. The van der Waals surface area contributed by atoms with E-state index in [4.69, 9.17) is 0 Å². The monoisotopic (exact) mass is 226 g/mol. The van der Waals surface area contributed by atoms with E-state index in [0.717, 1.165) is 4.90 Å². The van der Waals surface area contributed by atoms with Crippen molar-refractivity contribution >= 4 is 29.0 Å². The second-order valence-corrected chi connectivity index (χ2v) is 3.67. The highest BCUT2D eigenvalue weighted by atomic mass is 32.2. The van der Waals surface area contributed by atoms with Gasteiger partial charge in [-0.3, -0.25) is 14.9 Å². The van der Waals surface area contributed by atoms with Gasteiger partial charge in [0, 0.05) is 24.0 Å². The normalized spacial score (nSPS) is 9.73. The molecule has 0 aliphatic heterocycles. The Labute approximate surface area is 91.0 Å². The van der Waals surface area contributed by atoms with E-state index in [-0.39, 0.29) is 11.6 Å². The van der Waals surface area contributed by atoms with Crippen LogP contribution in [-0.4, -0.2) is 17.1 Å². The van der Waals surface area contributed by atoms with E-state index in [9.17, 15) is 14.9 Å². The largest absolute Gasteiger partial charge is 0.325 e. The second-order valence-electron chi connectivity index (χ2n) is 2.82. The molecule has 0 radical (unpaired) electrons. The summed E-state index contributed by atoms with van der Waals surface area (Å²) >= 11 is 1.42. The van der Waals surface area contributed by atoms with Gasteiger partial charge in [-0.2, -0.15) is 0 Å². The minimum atomic E-state index is -0.491. The summed E-state index contributed by atoms with van der Waals surface area (Å²) in [6.45, 7) is 1.36. The van der Waals surface area contributed by atoms with Crippen LogP contribution in [0.5, 0.6) is 0 Å². The first-order valence-corrected chi connectivity index (χ1v) is 5.37. The van der Waals surface area contributed by atoms with Crippen LogP contribution < -0.4 is 5.32 Å². The molecule has 0 spiro atoms. The molecule has 0 aromatic heterocycles. The van der Waals surface area contributed by atoms with Crippen LogP contribution in [0.15, 0.2) is 23.1 Å². The summed E-state index contributed by atoms with van der Waals surface area (Å²) in [6, 6.07) is 4.39. The molecule has 0 heterocycles. The van der Waals surface area contributed by atoms with Gasteiger partial charge in [-0.25, -0.2) is 0 Å². The molecule has 80 valence electrons. The highest BCUT2D eigenvalue weighted by Gasteiger charge is 2.10. The van der Waals surface area contributed by atoms with Crippen molar-refractivity contribution in [2.24, 2.45) is 0 Å². The number of hydrogen-bond donors (Lipinski definition) is 1. The number of hydrogen-bond acceptors (Lipinski definition) is 4. The van der Waals surface area contributed by atoms with Crippen LogP contribution in [0.2, 0.25) is 0 Å². The van der Waals surface area contributed by atoms with Gasteiger partial charge in [0.1, 0.15) is 0 Å². The molecule has 0 atom stereocenters. The van der Waals surface area contributed by atoms with Crippen molar-refractivity contribution in [3.05, 3.63) is 28.3 Å². The Morgan fingerprint density at radius 2 is 2.20 bits per heavy atom. The quantitative estimate of drug-likeness (QED) is 0.487. The van der Waals surface area contributed by atoms with Crippen molar-refractivity contribution in [1.29, 1.82) is 0 Å². The number of thioether (sulfide) groups is 1. The van der Waals surface area contributed by atoms with Crippen LogP contribution in [0.3, 0.4) is 0 Å². The standard InChI is InChI=1S/C9H10N2O3S/c1-6(12)10-8-5-7(11(13)14)3-4-9(8)15-2/h3-5H,1-2H3,(H,10,12). The SMILES string of the molecule is CSc1ccc([N+](=O)[O-])cc1NC(C)=O. The molecule has 6 heteroatoms. The van der Waals surface area contributed by atoms with Gasteiger partial charge in [-0.1, -0.05) is 0 Å². The van der Waals surface area contributed by atoms with Gasteiger partial charge in [-0.05, 0) is 12.3 Å². The Morgan fingerprint density at radius 3 is 2.67 bits per heavy atom. The minimum Gasteiger partial charge on any atom is -0.325 e.